The molecular formula is C16H23N6O4+. The van der Waals surface area contributed by atoms with Gasteiger partial charge in [0.05, 0.1) is 5.71 Å². The number of carbonyl (C=O) groups is 3. The van der Waals surface area contributed by atoms with Crippen LogP contribution in [0.5, 0.6) is 0 Å². The largest absolute Gasteiger partial charge is 0.479 e. The van der Waals surface area contributed by atoms with Crippen LogP contribution in [0.4, 0.5) is 4.79 Å². The lowest BCUT2D eigenvalue weighted by Crippen LogP contribution is -2.63. The zero-order valence-corrected chi connectivity index (χ0v) is 15.3. The second-order valence-corrected chi connectivity index (χ2v) is 7.10. The maximum absolute atomic E-state index is 13.0. The van der Waals surface area contributed by atoms with Crippen LogP contribution in [0.1, 0.15) is 27.2 Å². The van der Waals surface area contributed by atoms with Crippen molar-refractivity contribution in [2.24, 2.45) is 16.0 Å². The number of hydrogen-bond acceptors (Lipinski definition) is 6. The highest BCUT2D eigenvalue weighted by molar-refractivity contribution is 6.23. The minimum Gasteiger partial charge on any atom is -0.479 e. The number of rotatable bonds is 5. The maximum atomic E-state index is 13.0. The number of amidine groups is 1. The fourth-order valence-corrected chi connectivity index (χ4v) is 3.23. The van der Waals surface area contributed by atoms with E-state index in [1.807, 2.05) is 13.8 Å². The van der Waals surface area contributed by atoms with Crippen molar-refractivity contribution in [2.75, 3.05) is 26.7 Å². The fourth-order valence-electron chi connectivity index (χ4n) is 3.23. The van der Waals surface area contributed by atoms with Gasteiger partial charge in [0.25, 0.3) is 5.91 Å². The predicted octanol–water partition coefficient (Wildman–Crippen LogP) is -0.148. The van der Waals surface area contributed by atoms with E-state index in [1.165, 1.54) is 14.8 Å². The van der Waals surface area contributed by atoms with Crippen LogP contribution in [0, 0.1) is 5.92 Å². The number of nitrogens with zero attached hydrogens (tertiary/aromatic N) is 6. The summed E-state index contributed by atoms with van der Waals surface area (Å²) in [7, 11) is 1.58. The van der Waals surface area contributed by atoms with Gasteiger partial charge in [-0.15, -0.1) is 10.1 Å². The van der Waals surface area contributed by atoms with E-state index in [-0.39, 0.29) is 18.4 Å². The van der Waals surface area contributed by atoms with Crippen molar-refractivity contribution in [3.63, 3.8) is 0 Å². The second-order valence-electron chi connectivity index (χ2n) is 7.10. The van der Waals surface area contributed by atoms with Crippen LogP contribution < -0.4 is 0 Å². The van der Waals surface area contributed by atoms with Gasteiger partial charge in [0.15, 0.2) is 6.54 Å². The molecule has 0 aromatic carbocycles. The Kier molecular flexibility index (Phi) is 4.51. The van der Waals surface area contributed by atoms with Gasteiger partial charge in [-0.3, -0.25) is 14.6 Å². The van der Waals surface area contributed by atoms with Gasteiger partial charge in [0.2, 0.25) is 11.9 Å². The zero-order chi connectivity index (χ0) is 19.2. The summed E-state index contributed by atoms with van der Waals surface area (Å²) in [6.45, 7) is 6.17. The number of fused-ring (bicyclic) bond motifs is 2. The number of aliphatic imine (C=N–C) groups is 1. The topological polar surface area (TPSA) is 109 Å². The van der Waals surface area contributed by atoms with Crippen molar-refractivity contribution < 1.29 is 24.1 Å². The summed E-state index contributed by atoms with van der Waals surface area (Å²) >= 11 is 0. The van der Waals surface area contributed by atoms with E-state index in [2.05, 4.69) is 10.1 Å². The monoisotopic (exact) mass is 363 g/mol. The zero-order valence-electron chi connectivity index (χ0n) is 15.3. The Bertz CT molecular complexity index is 769. The SMILES string of the molecule is CC1=NN(CC(=O)O)C2=[N+](C1)C1C(=O)N(CCC(C)C)C(=O)N(C)C1=N2. The number of hydrogen-bond donors (Lipinski definition) is 1. The van der Waals surface area contributed by atoms with Crippen LogP contribution in [-0.4, -0.2) is 92.6 Å². The van der Waals surface area contributed by atoms with Crippen LogP contribution in [0.25, 0.3) is 0 Å². The van der Waals surface area contributed by atoms with Gasteiger partial charge >= 0.3 is 18.0 Å². The number of aliphatic carboxylic acids is 1. The molecule has 10 nitrogen and oxygen atoms in total. The lowest BCUT2D eigenvalue weighted by molar-refractivity contribution is -0.527. The second kappa shape index (κ2) is 6.50. The highest BCUT2D eigenvalue weighted by Gasteiger charge is 2.54. The normalized spacial score (nSPS) is 22.7. The molecule has 3 amide bonds. The van der Waals surface area contributed by atoms with Crippen molar-refractivity contribution in [1.82, 2.24) is 14.8 Å². The van der Waals surface area contributed by atoms with Crippen LogP contribution in [0.2, 0.25) is 0 Å². The lowest BCUT2D eigenvalue weighted by atomic mass is 10.1. The smallest absolute Gasteiger partial charge is 0.417 e. The molecule has 0 spiro atoms. The molecule has 1 fully saturated rings. The maximum Gasteiger partial charge on any atom is 0.417 e. The minimum atomic E-state index is -1.06. The summed E-state index contributed by atoms with van der Waals surface area (Å²) in [6.07, 6.45) is 0.715. The van der Waals surface area contributed by atoms with Crippen LogP contribution in [0.3, 0.4) is 0 Å². The summed E-state index contributed by atoms with van der Waals surface area (Å²) in [5.41, 5.74) is 0.674. The Morgan fingerprint density at radius 2 is 2.08 bits per heavy atom. The lowest BCUT2D eigenvalue weighted by Gasteiger charge is -2.34. The predicted molar refractivity (Wildman–Crippen MR) is 93.1 cm³/mol. The van der Waals surface area contributed by atoms with Gasteiger partial charge in [-0.2, -0.15) is 0 Å². The number of imide groups is 1. The first-order valence-corrected chi connectivity index (χ1v) is 8.55. The van der Waals surface area contributed by atoms with E-state index in [9.17, 15) is 14.4 Å². The molecule has 26 heavy (non-hydrogen) atoms. The van der Waals surface area contributed by atoms with Gasteiger partial charge in [-0.05, 0) is 19.3 Å². The Labute approximate surface area is 151 Å². The Morgan fingerprint density at radius 3 is 2.69 bits per heavy atom. The minimum absolute atomic E-state index is 0.289. The molecular weight excluding hydrogens is 340 g/mol. The van der Waals surface area contributed by atoms with E-state index >= 15 is 0 Å². The molecule has 0 saturated carbocycles. The molecule has 1 N–H and O–H groups in total. The van der Waals surface area contributed by atoms with Gasteiger partial charge in [-0.1, -0.05) is 18.8 Å². The molecule has 140 valence electrons. The first kappa shape index (κ1) is 18.0. The number of likely N-dealkylation sites (N-methyl/N-ethyl adjacent to an activating group) is 1. The highest BCUT2D eigenvalue weighted by Crippen LogP contribution is 2.23. The first-order chi connectivity index (χ1) is 12.2. The number of carboxylic acids is 1. The summed E-state index contributed by atoms with van der Waals surface area (Å²) in [4.78, 5) is 43.8. The Hall–Kier alpha value is -2.78. The molecule has 3 aliphatic rings. The van der Waals surface area contributed by atoms with Crippen molar-refractivity contribution in [1.29, 1.82) is 0 Å². The summed E-state index contributed by atoms with van der Waals surface area (Å²) in [5, 5.41) is 14.6. The van der Waals surface area contributed by atoms with Crippen molar-refractivity contribution >= 4 is 35.4 Å². The third-order valence-electron chi connectivity index (χ3n) is 4.53. The third-order valence-corrected chi connectivity index (χ3v) is 4.53. The Morgan fingerprint density at radius 1 is 1.38 bits per heavy atom. The van der Waals surface area contributed by atoms with E-state index in [0.717, 1.165) is 0 Å². The van der Waals surface area contributed by atoms with Crippen LogP contribution >= 0.6 is 0 Å². The molecule has 0 aromatic heterocycles. The van der Waals surface area contributed by atoms with Crippen molar-refractivity contribution in [3.8, 4) is 0 Å². The van der Waals surface area contributed by atoms with Crippen LogP contribution in [-0.2, 0) is 9.59 Å². The highest BCUT2D eigenvalue weighted by atomic mass is 16.4. The molecule has 3 rings (SSSR count). The molecule has 0 aliphatic carbocycles. The molecule has 1 atom stereocenters. The number of hydrazone groups is 1. The molecule has 0 bridgehead atoms. The van der Waals surface area contributed by atoms with Gasteiger partial charge in [0.1, 0.15) is 6.54 Å². The molecule has 0 radical (unpaired) electrons. The standard InChI is InChI=1S/C16H22N6O4/c1-9(2)5-6-20-14(25)12-13(19(4)16(20)26)17-15-21(12)7-10(3)18-22(15)8-11(23)24/h9,12H,5-8H2,1-4H3/p+1. The number of guanidine groups is 1. The molecule has 1 unspecified atom stereocenters. The van der Waals surface area contributed by atoms with E-state index in [0.29, 0.717) is 37.0 Å². The quantitative estimate of drug-likeness (QED) is 0.684. The molecule has 1 saturated heterocycles. The molecule has 3 aliphatic heterocycles. The first-order valence-electron chi connectivity index (χ1n) is 8.55. The summed E-state index contributed by atoms with van der Waals surface area (Å²) in [5.74, 6) is -0.419. The average molecular weight is 363 g/mol. The van der Waals surface area contributed by atoms with Crippen molar-refractivity contribution in [3.05, 3.63) is 0 Å². The third kappa shape index (κ3) is 2.95. The average Bonchev–Trinajstić information content (AvgIpc) is 2.91. The van der Waals surface area contributed by atoms with Crippen molar-refractivity contribution in [2.45, 2.75) is 33.2 Å². The number of amides is 3. The van der Waals surface area contributed by atoms with E-state index in [1.54, 1.807) is 18.5 Å². The van der Waals surface area contributed by atoms with Gasteiger partial charge in [0, 0.05) is 13.6 Å². The van der Waals surface area contributed by atoms with Gasteiger partial charge < -0.3 is 5.11 Å². The van der Waals surface area contributed by atoms with Crippen LogP contribution in [0.15, 0.2) is 10.1 Å². The number of urea groups is 1. The number of carboxylic acid groups (broad SMARTS) is 1. The van der Waals surface area contributed by atoms with E-state index < -0.39 is 18.0 Å². The summed E-state index contributed by atoms with van der Waals surface area (Å²) < 4.78 is 1.72. The number of carbonyl (C=O) groups excluding carboxylic acids is 2. The molecule has 3 heterocycles. The summed E-state index contributed by atoms with van der Waals surface area (Å²) in [6, 6.07) is -1.14. The molecule has 10 heteroatoms. The Balaban J connectivity index is 1.95. The molecule has 0 aromatic rings. The van der Waals surface area contributed by atoms with Gasteiger partial charge in [-0.25, -0.2) is 14.2 Å². The fraction of sp³-hybridized carbons (Fsp3) is 0.625. The van der Waals surface area contributed by atoms with E-state index in [4.69, 9.17) is 5.11 Å².